The second-order valence-electron chi connectivity index (χ2n) is 5.96. The predicted molar refractivity (Wildman–Crippen MR) is 93.3 cm³/mol. The fourth-order valence-electron chi connectivity index (χ4n) is 2.87. The monoisotopic (exact) mass is 358 g/mol. The van der Waals surface area contributed by atoms with E-state index in [1.807, 2.05) is 0 Å². The molecule has 0 radical (unpaired) electrons. The van der Waals surface area contributed by atoms with Crippen molar-refractivity contribution in [1.82, 2.24) is 4.90 Å². The molecule has 0 aliphatic carbocycles. The quantitative estimate of drug-likeness (QED) is 0.904. The number of hydrogen-bond donors (Lipinski definition) is 1. The van der Waals surface area contributed by atoms with Crippen molar-refractivity contribution in [3.05, 3.63) is 59.9 Å². The lowest BCUT2D eigenvalue weighted by Crippen LogP contribution is -2.53. The predicted octanol–water partition coefficient (Wildman–Crippen LogP) is 1.74. The number of aliphatic hydroxyl groups excluding tert-OH is 1. The zero-order chi connectivity index (χ0) is 18.7. The van der Waals surface area contributed by atoms with Crippen LogP contribution < -0.4 is 9.64 Å². The van der Waals surface area contributed by atoms with Gasteiger partial charge in [-0.15, -0.1) is 0 Å². The topological polar surface area (TPSA) is 70.1 Å². The van der Waals surface area contributed by atoms with Gasteiger partial charge in [0.25, 0.3) is 5.91 Å². The number of amides is 2. The second-order valence-corrected chi connectivity index (χ2v) is 5.96. The summed E-state index contributed by atoms with van der Waals surface area (Å²) in [6.45, 7) is 0.474. The fraction of sp³-hybridized carbons (Fsp3) is 0.263. The van der Waals surface area contributed by atoms with Crippen LogP contribution in [-0.2, 0) is 9.59 Å². The van der Waals surface area contributed by atoms with Crippen LogP contribution in [0.15, 0.2) is 48.5 Å². The number of aliphatic hydroxyl groups is 1. The number of benzene rings is 2. The molecule has 1 aliphatic rings. The van der Waals surface area contributed by atoms with Gasteiger partial charge in [0.2, 0.25) is 5.91 Å². The Hall–Kier alpha value is -2.93. The first-order valence-electron chi connectivity index (χ1n) is 8.16. The maximum atomic E-state index is 13.0. The molecular weight excluding hydrogens is 339 g/mol. The highest BCUT2D eigenvalue weighted by Gasteiger charge is 2.31. The number of carbonyl (C=O) groups excluding carboxylic acids is 2. The van der Waals surface area contributed by atoms with Gasteiger partial charge in [-0.25, -0.2) is 4.39 Å². The minimum absolute atomic E-state index is 0.131. The average molecular weight is 358 g/mol. The number of nitrogens with zero attached hydrogens (tertiary/aromatic N) is 2. The molecule has 1 heterocycles. The lowest BCUT2D eigenvalue weighted by molar-refractivity contribution is -0.144. The summed E-state index contributed by atoms with van der Waals surface area (Å²) in [5.74, 6) is -0.629. The minimum Gasteiger partial charge on any atom is -0.497 e. The Labute approximate surface area is 150 Å². The molecule has 0 saturated carbocycles. The first kappa shape index (κ1) is 17.9. The summed E-state index contributed by atoms with van der Waals surface area (Å²) < 4.78 is 18.1. The van der Waals surface area contributed by atoms with E-state index in [-0.39, 0.29) is 12.5 Å². The maximum Gasteiger partial charge on any atom is 0.256 e. The molecule has 7 heteroatoms. The molecule has 26 heavy (non-hydrogen) atoms. The Morgan fingerprint density at radius 2 is 1.92 bits per heavy atom. The number of methoxy groups -OCH3 is 1. The minimum atomic E-state index is -1.42. The summed E-state index contributed by atoms with van der Waals surface area (Å²) in [5.41, 5.74) is 0.986. The van der Waals surface area contributed by atoms with E-state index >= 15 is 0 Å². The zero-order valence-corrected chi connectivity index (χ0v) is 14.3. The molecule has 2 aromatic rings. The molecule has 3 rings (SSSR count). The van der Waals surface area contributed by atoms with E-state index in [0.29, 0.717) is 30.1 Å². The smallest absolute Gasteiger partial charge is 0.256 e. The number of halogens is 1. The van der Waals surface area contributed by atoms with Crippen molar-refractivity contribution in [2.24, 2.45) is 0 Å². The first-order chi connectivity index (χ1) is 12.5. The van der Waals surface area contributed by atoms with Crippen molar-refractivity contribution < 1.29 is 23.8 Å². The molecule has 6 nitrogen and oxygen atoms in total. The van der Waals surface area contributed by atoms with E-state index < -0.39 is 17.8 Å². The van der Waals surface area contributed by atoms with Crippen molar-refractivity contribution in [2.45, 2.75) is 6.10 Å². The molecule has 0 aromatic heterocycles. The average Bonchev–Trinajstić information content (AvgIpc) is 2.67. The Morgan fingerprint density at radius 3 is 2.58 bits per heavy atom. The Balaban J connectivity index is 1.68. The van der Waals surface area contributed by atoms with E-state index in [1.165, 1.54) is 29.2 Å². The SMILES string of the molecule is COc1cccc(N2CCN(C(=O)C(O)c3ccc(F)cc3)CC2=O)c1. The van der Waals surface area contributed by atoms with Crippen LogP contribution in [0.3, 0.4) is 0 Å². The maximum absolute atomic E-state index is 13.0. The molecular formula is C19H19FN2O4. The largest absolute Gasteiger partial charge is 0.497 e. The van der Waals surface area contributed by atoms with Crippen LogP contribution in [-0.4, -0.2) is 48.6 Å². The molecule has 1 aliphatic heterocycles. The molecule has 2 aromatic carbocycles. The van der Waals surface area contributed by atoms with E-state index in [4.69, 9.17) is 4.74 Å². The van der Waals surface area contributed by atoms with Crippen LogP contribution in [0.1, 0.15) is 11.7 Å². The van der Waals surface area contributed by atoms with Gasteiger partial charge in [-0.05, 0) is 29.8 Å². The van der Waals surface area contributed by atoms with Crippen LogP contribution in [0.5, 0.6) is 5.75 Å². The number of piperazine rings is 1. The lowest BCUT2D eigenvalue weighted by Gasteiger charge is -2.35. The van der Waals surface area contributed by atoms with Gasteiger partial charge in [-0.1, -0.05) is 18.2 Å². The third kappa shape index (κ3) is 3.67. The molecule has 1 unspecified atom stereocenters. The van der Waals surface area contributed by atoms with Crippen LogP contribution >= 0.6 is 0 Å². The summed E-state index contributed by atoms with van der Waals surface area (Å²) in [5, 5.41) is 10.2. The van der Waals surface area contributed by atoms with Crippen LogP contribution in [0.4, 0.5) is 10.1 Å². The summed E-state index contributed by atoms with van der Waals surface area (Å²) in [4.78, 5) is 27.8. The van der Waals surface area contributed by atoms with E-state index in [2.05, 4.69) is 0 Å². The summed E-state index contributed by atoms with van der Waals surface area (Å²) in [6.07, 6.45) is -1.42. The highest BCUT2D eigenvalue weighted by Crippen LogP contribution is 2.24. The molecule has 0 spiro atoms. The van der Waals surface area contributed by atoms with Gasteiger partial charge >= 0.3 is 0 Å². The number of rotatable bonds is 4. The summed E-state index contributed by atoms with van der Waals surface area (Å²) in [6, 6.07) is 12.2. The number of anilines is 1. The molecule has 1 fully saturated rings. The van der Waals surface area contributed by atoms with Crippen molar-refractivity contribution >= 4 is 17.5 Å². The highest BCUT2D eigenvalue weighted by atomic mass is 19.1. The van der Waals surface area contributed by atoms with Crippen LogP contribution in [0.2, 0.25) is 0 Å². The van der Waals surface area contributed by atoms with Crippen molar-refractivity contribution in [1.29, 1.82) is 0 Å². The van der Waals surface area contributed by atoms with Gasteiger partial charge in [0.1, 0.15) is 18.1 Å². The second kappa shape index (κ2) is 7.53. The normalized spacial score (nSPS) is 15.7. The number of hydrogen-bond acceptors (Lipinski definition) is 4. The number of ether oxygens (including phenoxy) is 1. The highest BCUT2D eigenvalue weighted by molar-refractivity contribution is 5.98. The van der Waals surface area contributed by atoms with Crippen molar-refractivity contribution in [3.8, 4) is 5.75 Å². The van der Waals surface area contributed by atoms with Crippen LogP contribution in [0.25, 0.3) is 0 Å². The standard InChI is InChI=1S/C19H19FN2O4/c1-26-16-4-2-3-15(11-16)22-10-9-21(12-17(22)23)19(25)18(24)13-5-7-14(20)8-6-13/h2-8,11,18,24H,9-10,12H2,1H3. The molecule has 1 N–H and O–H groups in total. The molecule has 1 saturated heterocycles. The lowest BCUT2D eigenvalue weighted by atomic mass is 10.1. The van der Waals surface area contributed by atoms with Gasteiger partial charge in [0.15, 0.2) is 6.10 Å². The molecule has 136 valence electrons. The summed E-state index contributed by atoms with van der Waals surface area (Å²) >= 11 is 0. The summed E-state index contributed by atoms with van der Waals surface area (Å²) in [7, 11) is 1.55. The third-order valence-electron chi connectivity index (χ3n) is 4.32. The third-order valence-corrected chi connectivity index (χ3v) is 4.32. The van der Waals surface area contributed by atoms with Gasteiger partial charge in [0.05, 0.1) is 7.11 Å². The van der Waals surface area contributed by atoms with Crippen molar-refractivity contribution in [2.75, 3.05) is 31.6 Å². The zero-order valence-electron chi connectivity index (χ0n) is 14.3. The Kier molecular flexibility index (Phi) is 5.18. The number of carbonyl (C=O) groups is 2. The molecule has 0 bridgehead atoms. The van der Waals surface area contributed by atoms with E-state index in [1.54, 1.807) is 36.3 Å². The fourth-order valence-corrected chi connectivity index (χ4v) is 2.87. The van der Waals surface area contributed by atoms with Crippen molar-refractivity contribution in [3.63, 3.8) is 0 Å². The van der Waals surface area contributed by atoms with Gasteiger partial charge < -0.3 is 19.6 Å². The Morgan fingerprint density at radius 1 is 1.19 bits per heavy atom. The molecule has 2 amide bonds. The van der Waals surface area contributed by atoms with E-state index in [0.717, 1.165) is 0 Å². The van der Waals surface area contributed by atoms with Gasteiger partial charge in [-0.3, -0.25) is 9.59 Å². The Bertz CT molecular complexity index is 809. The van der Waals surface area contributed by atoms with Gasteiger partial charge in [-0.2, -0.15) is 0 Å². The van der Waals surface area contributed by atoms with Gasteiger partial charge in [0, 0.05) is 24.8 Å². The van der Waals surface area contributed by atoms with Crippen LogP contribution in [0, 0.1) is 5.82 Å². The molecule has 1 atom stereocenters. The first-order valence-corrected chi connectivity index (χ1v) is 8.16. The van der Waals surface area contributed by atoms with E-state index in [9.17, 15) is 19.1 Å².